The van der Waals surface area contributed by atoms with Crippen LogP contribution in [0.1, 0.15) is 58.3 Å². The third-order valence-electron chi connectivity index (χ3n) is 3.64. The molecule has 0 aliphatic heterocycles. The molecule has 0 heterocycles. The number of hydrogen-bond donors (Lipinski definition) is 1. The molecule has 10 radical (unpaired) electrons. The summed E-state index contributed by atoms with van der Waals surface area (Å²) in [6, 6.07) is 0. The Morgan fingerprint density at radius 1 is 0.679 bits per heavy atom. The molecule has 2 aliphatic rings. The van der Waals surface area contributed by atoms with E-state index in [0.29, 0.717) is 6.42 Å². The van der Waals surface area contributed by atoms with Gasteiger partial charge in [0.2, 0.25) is 0 Å². The van der Waals surface area contributed by atoms with Crippen molar-refractivity contribution in [1.29, 1.82) is 0 Å². The van der Waals surface area contributed by atoms with E-state index in [2.05, 4.69) is 11.9 Å². The van der Waals surface area contributed by atoms with Gasteiger partial charge in [-0.25, -0.2) is 4.99 Å². The van der Waals surface area contributed by atoms with Crippen LogP contribution in [-0.4, -0.2) is 23.7 Å². The van der Waals surface area contributed by atoms with Gasteiger partial charge in [0.25, 0.3) is 5.90 Å². The number of aliphatic imine (C=N–C) groups is 1. The zero-order valence-corrected chi connectivity index (χ0v) is 19.1. The number of aliphatic hydroxyl groups is 1. The fourth-order valence-electron chi connectivity index (χ4n) is 2.16. The van der Waals surface area contributed by atoms with Gasteiger partial charge in [-0.05, 0) is 70.6 Å². The summed E-state index contributed by atoms with van der Waals surface area (Å²) in [4.78, 5) is 3.09. The second-order valence-electron chi connectivity index (χ2n) is 6.10. The van der Waals surface area contributed by atoms with Crippen LogP contribution in [0.5, 0.6) is 0 Å². The van der Waals surface area contributed by atoms with Crippen molar-refractivity contribution in [2.75, 3.05) is 6.54 Å². The van der Waals surface area contributed by atoms with Crippen molar-refractivity contribution >= 4 is 5.90 Å². The number of rotatable bonds is 9. The number of aliphatic hydroxyl groups excluding tert-OH is 1. The minimum atomic E-state index is -4.69. The molecule has 0 bridgehead atoms. The van der Waals surface area contributed by atoms with E-state index in [9.17, 15) is 13.2 Å². The van der Waals surface area contributed by atoms with Crippen molar-refractivity contribution in [3.63, 3.8) is 0 Å². The summed E-state index contributed by atoms with van der Waals surface area (Å²) < 4.78 is 35.4. The molecule has 6 heteroatoms. The van der Waals surface area contributed by atoms with E-state index in [-0.39, 0.29) is 32.7 Å². The molecular weight excluding hydrogens is 442 g/mol. The third kappa shape index (κ3) is 22.4. The molecule has 0 atom stereocenters. The maximum absolute atomic E-state index is 11.8. The number of nitrogens with zero attached hydrogens (tertiary/aromatic N) is 1. The monoisotopic (exact) mass is 473 g/mol. The quantitative estimate of drug-likeness (QED) is 0.225. The van der Waals surface area contributed by atoms with Crippen molar-refractivity contribution in [2.45, 2.75) is 64.5 Å². The molecule has 0 unspecified atom stereocenters. The van der Waals surface area contributed by atoms with Gasteiger partial charge < -0.3 is 5.11 Å². The number of unbranched alkanes of at least 4 members (excludes halogenated alkanes) is 7. The molecule has 154 valence electrons. The van der Waals surface area contributed by atoms with Gasteiger partial charge in [0.1, 0.15) is 0 Å². The van der Waals surface area contributed by atoms with Gasteiger partial charge in [0.05, 0.1) is 0 Å². The van der Waals surface area contributed by atoms with Crippen molar-refractivity contribution < 1.29 is 44.5 Å². The second-order valence-corrected chi connectivity index (χ2v) is 6.10. The maximum Gasteiger partial charge on any atom is 2.00 e. The third-order valence-corrected chi connectivity index (χ3v) is 3.64. The van der Waals surface area contributed by atoms with Gasteiger partial charge in [0.15, 0.2) is 0 Å². The van der Waals surface area contributed by atoms with Crippen LogP contribution in [0, 0.1) is 64.2 Å². The summed E-state index contributed by atoms with van der Waals surface area (Å²) in [6.07, 6.45) is 23.9. The first kappa shape index (κ1) is 30.3. The molecule has 0 aromatic carbocycles. The van der Waals surface area contributed by atoms with E-state index < -0.39 is 12.1 Å². The van der Waals surface area contributed by atoms with Gasteiger partial charge >= 0.3 is 32.4 Å². The molecule has 2 aliphatic carbocycles. The Hall–Kier alpha value is 0.143. The summed E-state index contributed by atoms with van der Waals surface area (Å²) >= 11 is 0. The minimum Gasteiger partial charge on any atom is -0.490 e. The first-order valence-electron chi connectivity index (χ1n) is 9.62. The predicted molar refractivity (Wildman–Crippen MR) is 107 cm³/mol. The Kier molecular flexibility index (Phi) is 23.7. The summed E-state index contributed by atoms with van der Waals surface area (Å²) in [7, 11) is 0. The van der Waals surface area contributed by atoms with E-state index in [1.807, 2.05) is 64.2 Å². The summed E-state index contributed by atoms with van der Waals surface area (Å²) in [5, 5.41) is 8.51. The van der Waals surface area contributed by atoms with E-state index in [1.54, 1.807) is 0 Å². The molecule has 0 aromatic rings. The van der Waals surface area contributed by atoms with E-state index in [0.717, 1.165) is 19.3 Å². The molecule has 1 N–H and O–H groups in total. The maximum atomic E-state index is 11.8. The predicted octanol–water partition coefficient (Wildman–Crippen LogP) is 6.69. The molecular formula is C22H32F3NOZr+2. The van der Waals surface area contributed by atoms with E-state index in [1.165, 1.54) is 25.7 Å². The molecule has 0 spiro atoms. The Morgan fingerprint density at radius 3 is 1.32 bits per heavy atom. The Morgan fingerprint density at radius 2 is 1.00 bits per heavy atom. The second kappa shape index (κ2) is 21.8. The fourth-order valence-corrected chi connectivity index (χ4v) is 2.16. The van der Waals surface area contributed by atoms with Crippen molar-refractivity contribution in [2.24, 2.45) is 4.99 Å². The molecule has 0 saturated heterocycles. The van der Waals surface area contributed by atoms with Crippen molar-refractivity contribution in [1.82, 2.24) is 0 Å². The zero-order valence-electron chi connectivity index (χ0n) is 16.7. The van der Waals surface area contributed by atoms with Crippen LogP contribution in [0.3, 0.4) is 0 Å². The standard InChI is InChI=1S/C12H22F3NO.2C5H5.Zr/c1-2-3-4-5-6-7-8-9-10-16-11(17)12(13,14)15;2*1-2-4-5-3-1;/h2-10H2,1H3,(H,16,17);2*1-5H;/q;;;+2. The molecule has 2 rings (SSSR count). The van der Waals surface area contributed by atoms with Crippen LogP contribution in [0.2, 0.25) is 0 Å². The topological polar surface area (TPSA) is 32.6 Å². The Bertz CT molecular complexity index is 316. The molecule has 2 fully saturated rings. The first-order valence-corrected chi connectivity index (χ1v) is 9.62. The first-order chi connectivity index (χ1) is 13.0. The van der Waals surface area contributed by atoms with Gasteiger partial charge in [-0.1, -0.05) is 51.9 Å². The molecule has 0 aromatic heterocycles. The van der Waals surface area contributed by atoms with Gasteiger partial charge in [-0.3, -0.25) is 0 Å². The SMILES string of the molecule is CCCCCCCCCCN=C(O)C(F)(F)F.[CH]1[CH][CH][CH][CH]1.[CH]1[CH][CH][CH][CH]1.[Zr+2]. The minimum absolute atomic E-state index is 0. The summed E-state index contributed by atoms with van der Waals surface area (Å²) in [5.74, 6) is -1.71. The normalized spacial score (nSPS) is 16.5. The summed E-state index contributed by atoms with van der Waals surface area (Å²) in [6.45, 7) is 2.21. The molecule has 2 nitrogen and oxygen atoms in total. The van der Waals surface area contributed by atoms with Crippen LogP contribution in [0.25, 0.3) is 0 Å². The van der Waals surface area contributed by atoms with Crippen LogP contribution in [0.4, 0.5) is 13.2 Å². The number of halogens is 3. The average Bonchev–Trinajstić information content (AvgIpc) is 3.37. The van der Waals surface area contributed by atoms with Crippen LogP contribution < -0.4 is 0 Å². The van der Waals surface area contributed by atoms with Gasteiger partial charge in [-0.2, -0.15) is 13.2 Å². The van der Waals surface area contributed by atoms with Crippen molar-refractivity contribution in [3.05, 3.63) is 64.2 Å². The molecule has 28 heavy (non-hydrogen) atoms. The van der Waals surface area contributed by atoms with Gasteiger partial charge in [-0.15, -0.1) is 0 Å². The van der Waals surface area contributed by atoms with E-state index in [4.69, 9.17) is 5.11 Å². The van der Waals surface area contributed by atoms with E-state index >= 15 is 0 Å². The Labute approximate surface area is 190 Å². The van der Waals surface area contributed by atoms with Crippen LogP contribution >= 0.6 is 0 Å². The average molecular weight is 475 g/mol. The van der Waals surface area contributed by atoms with Crippen LogP contribution in [0.15, 0.2) is 4.99 Å². The zero-order chi connectivity index (χ0) is 20.2. The van der Waals surface area contributed by atoms with Crippen LogP contribution in [-0.2, 0) is 26.2 Å². The Balaban J connectivity index is 0. The fraction of sp³-hybridized carbons (Fsp3) is 0.500. The molecule has 0 amide bonds. The number of hydrogen-bond acceptors (Lipinski definition) is 1. The summed E-state index contributed by atoms with van der Waals surface area (Å²) in [5.41, 5.74) is 0. The smallest absolute Gasteiger partial charge is 0.490 e. The largest absolute Gasteiger partial charge is 2.00 e. The molecule has 2 saturated carbocycles. The number of alkyl halides is 3. The van der Waals surface area contributed by atoms with Gasteiger partial charge in [0, 0.05) is 6.54 Å². The van der Waals surface area contributed by atoms with Crippen molar-refractivity contribution in [3.8, 4) is 0 Å².